The van der Waals surface area contributed by atoms with Gasteiger partial charge in [0.1, 0.15) is 0 Å². The van der Waals surface area contributed by atoms with Gasteiger partial charge in [0.2, 0.25) is 11.8 Å². The Morgan fingerprint density at radius 3 is 1.91 bits per heavy atom. The Kier molecular flexibility index (Phi) is 3.93. The molecule has 1 aliphatic rings. The van der Waals surface area contributed by atoms with Crippen molar-refractivity contribution in [2.24, 2.45) is 0 Å². The van der Waals surface area contributed by atoms with E-state index in [2.05, 4.69) is 0 Å². The Hall–Kier alpha value is -2.95. The molecule has 116 valence electrons. The largest absolute Gasteiger partial charge is 0.479 e. The first kappa shape index (κ1) is 15.0. The van der Waals surface area contributed by atoms with Gasteiger partial charge in [-0.15, -0.1) is 0 Å². The molecule has 5 heteroatoms. The number of amides is 2. The van der Waals surface area contributed by atoms with Gasteiger partial charge in [-0.05, 0) is 16.7 Å². The van der Waals surface area contributed by atoms with E-state index in [1.165, 1.54) is 0 Å². The van der Waals surface area contributed by atoms with Crippen molar-refractivity contribution < 1.29 is 19.5 Å². The first-order valence-corrected chi connectivity index (χ1v) is 7.31. The van der Waals surface area contributed by atoms with Gasteiger partial charge in [0.15, 0.2) is 6.04 Å². The lowest BCUT2D eigenvalue weighted by molar-refractivity contribution is -0.154. The molecule has 2 aromatic carbocycles. The van der Waals surface area contributed by atoms with Gasteiger partial charge < -0.3 is 5.11 Å². The van der Waals surface area contributed by atoms with Gasteiger partial charge >= 0.3 is 5.97 Å². The Morgan fingerprint density at radius 1 is 0.870 bits per heavy atom. The number of likely N-dealkylation sites (tertiary alicyclic amines) is 1. The number of carboxylic acids is 1. The van der Waals surface area contributed by atoms with E-state index in [1.807, 2.05) is 30.3 Å². The molecule has 0 bridgehead atoms. The van der Waals surface area contributed by atoms with Gasteiger partial charge in [-0.25, -0.2) is 4.79 Å². The summed E-state index contributed by atoms with van der Waals surface area (Å²) in [5.41, 5.74) is 2.37. The third-order valence-electron chi connectivity index (χ3n) is 3.92. The molecule has 1 saturated heterocycles. The van der Waals surface area contributed by atoms with Crippen molar-refractivity contribution in [2.75, 3.05) is 0 Å². The van der Waals surface area contributed by atoms with Crippen LogP contribution in [-0.4, -0.2) is 27.8 Å². The second-order valence-corrected chi connectivity index (χ2v) is 5.39. The molecule has 0 radical (unpaired) electrons. The Bertz CT molecular complexity index is 736. The average Bonchev–Trinajstić information content (AvgIpc) is 2.89. The van der Waals surface area contributed by atoms with E-state index in [-0.39, 0.29) is 12.8 Å². The number of hydrogen-bond acceptors (Lipinski definition) is 3. The number of rotatable bonds is 4. The van der Waals surface area contributed by atoms with E-state index < -0.39 is 23.8 Å². The minimum absolute atomic E-state index is 0.0741. The Labute approximate surface area is 133 Å². The topological polar surface area (TPSA) is 74.7 Å². The molecule has 1 aliphatic heterocycles. The molecule has 0 spiro atoms. The fraction of sp³-hybridized carbons (Fsp3) is 0.167. The van der Waals surface area contributed by atoms with E-state index >= 15 is 0 Å². The number of carbonyl (C=O) groups excluding carboxylic acids is 2. The van der Waals surface area contributed by atoms with Crippen LogP contribution in [0.1, 0.15) is 24.4 Å². The maximum Gasteiger partial charge on any atom is 0.331 e. The fourth-order valence-corrected chi connectivity index (χ4v) is 2.77. The molecular formula is C18H15NO4. The lowest BCUT2D eigenvalue weighted by atomic mass is 10.00. The van der Waals surface area contributed by atoms with Crippen LogP contribution < -0.4 is 0 Å². The number of carbonyl (C=O) groups is 3. The molecule has 1 heterocycles. The van der Waals surface area contributed by atoms with Crippen LogP contribution in [0.2, 0.25) is 0 Å². The second kappa shape index (κ2) is 6.04. The number of nitrogens with zero attached hydrogens (tertiary/aromatic N) is 1. The summed E-state index contributed by atoms with van der Waals surface area (Å²) >= 11 is 0. The fourth-order valence-electron chi connectivity index (χ4n) is 2.77. The zero-order valence-electron chi connectivity index (χ0n) is 12.3. The molecule has 2 aromatic rings. The maximum absolute atomic E-state index is 11.8. The predicted molar refractivity (Wildman–Crippen MR) is 83.3 cm³/mol. The lowest BCUT2D eigenvalue weighted by Crippen LogP contribution is -2.37. The van der Waals surface area contributed by atoms with E-state index in [0.29, 0.717) is 5.56 Å². The van der Waals surface area contributed by atoms with Gasteiger partial charge in [0.25, 0.3) is 0 Å². The molecule has 1 fully saturated rings. The van der Waals surface area contributed by atoms with Crippen molar-refractivity contribution in [3.05, 3.63) is 60.2 Å². The van der Waals surface area contributed by atoms with E-state index in [9.17, 15) is 19.5 Å². The van der Waals surface area contributed by atoms with Crippen molar-refractivity contribution in [1.29, 1.82) is 0 Å². The number of hydrogen-bond donors (Lipinski definition) is 1. The molecule has 1 N–H and O–H groups in total. The van der Waals surface area contributed by atoms with Crippen LogP contribution in [-0.2, 0) is 14.4 Å². The van der Waals surface area contributed by atoms with Crippen molar-refractivity contribution in [3.63, 3.8) is 0 Å². The minimum Gasteiger partial charge on any atom is -0.479 e. The summed E-state index contributed by atoms with van der Waals surface area (Å²) < 4.78 is 0. The summed E-state index contributed by atoms with van der Waals surface area (Å²) in [5.74, 6) is -2.08. The number of benzene rings is 2. The van der Waals surface area contributed by atoms with Gasteiger partial charge in [-0.2, -0.15) is 0 Å². The van der Waals surface area contributed by atoms with Crippen molar-refractivity contribution >= 4 is 17.8 Å². The highest BCUT2D eigenvalue weighted by Gasteiger charge is 2.39. The third kappa shape index (κ3) is 2.85. The molecule has 0 aliphatic carbocycles. The van der Waals surface area contributed by atoms with Crippen LogP contribution >= 0.6 is 0 Å². The van der Waals surface area contributed by atoms with Crippen molar-refractivity contribution in [2.45, 2.75) is 18.9 Å². The van der Waals surface area contributed by atoms with Crippen LogP contribution in [0.15, 0.2) is 54.6 Å². The predicted octanol–water partition coefficient (Wildman–Crippen LogP) is 2.63. The molecule has 1 unspecified atom stereocenters. The summed E-state index contributed by atoms with van der Waals surface area (Å²) in [7, 11) is 0. The smallest absolute Gasteiger partial charge is 0.331 e. The highest BCUT2D eigenvalue weighted by molar-refractivity contribution is 6.05. The Balaban J connectivity index is 1.94. The molecule has 23 heavy (non-hydrogen) atoms. The molecule has 2 amide bonds. The zero-order valence-corrected chi connectivity index (χ0v) is 12.3. The van der Waals surface area contributed by atoms with Gasteiger partial charge in [-0.3, -0.25) is 14.5 Å². The van der Waals surface area contributed by atoms with Crippen LogP contribution in [0, 0.1) is 0 Å². The van der Waals surface area contributed by atoms with Crippen molar-refractivity contribution in [3.8, 4) is 11.1 Å². The van der Waals surface area contributed by atoms with Gasteiger partial charge in [0, 0.05) is 12.8 Å². The summed E-state index contributed by atoms with van der Waals surface area (Å²) in [6.07, 6.45) is 0.148. The molecular weight excluding hydrogens is 294 g/mol. The standard InChI is InChI=1S/C18H15NO4/c20-15-10-11-16(21)19(15)17(18(22)23)14-8-6-13(7-9-14)12-4-2-1-3-5-12/h1-9,17H,10-11H2,(H,22,23). The zero-order chi connectivity index (χ0) is 16.4. The summed E-state index contributed by atoms with van der Waals surface area (Å²) in [5, 5.41) is 9.46. The van der Waals surface area contributed by atoms with Crippen molar-refractivity contribution in [1.82, 2.24) is 4.90 Å². The maximum atomic E-state index is 11.8. The summed E-state index contributed by atoms with van der Waals surface area (Å²) in [4.78, 5) is 36.1. The lowest BCUT2D eigenvalue weighted by Gasteiger charge is -2.23. The van der Waals surface area contributed by atoms with Gasteiger partial charge in [-0.1, -0.05) is 54.6 Å². The number of imide groups is 1. The highest BCUT2D eigenvalue weighted by atomic mass is 16.4. The molecule has 1 atom stereocenters. The normalized spacial score (nSPS) is 15.7. The second-order valence-electron chi connectivity index (χ2n) is 5.39. The first-order chi connectivity index (χ1) is 11.1. The third-order valence-corrected chi connectivity index (χ3v) is 3.92. The highest BCUT2D eigenvalue weighted by Crippen LogP contribution is 2.29. The van der Waals surface area contributed by atoms with Crippen LogP contribution in [0.4, 0.5) is 0 Å². The summed E-state index contributed by atoms with van der Waals surface area (Å²) in [6, 6.07) is 15.3. The molecule has 5 nitrogen and oxygen atoms in total. The molecule has 0 aromatic heterocycles. The number of aliphatic carboxylic acids is 1. The quantitative estimate of drug-likeness (QED) is 0.881. The van der Waals surface area contributed by atoms with E-state index in [1.54, 1.807) is 24.3 Å². The monoisotopic (exact) mass is 309 g/mol. The van der Waals surface area contributed by atoms with Crippen LogP contribution in [0.25, 0.3) is 11.1 Å². The van der Waals surface area contributed by atoms with Crippen LogP contribution in [0.3, 0.4) is 0 Å². The number of carboxylic acid groups (broad SMARTS) is 1. The summed E-state index contributed by atoms with van der Waals surface area (Å²) in [6.45, 7) is 0. The molecule has 3 rings (SSSR count). The first-order valence-electron chi connectivity index (χ1n) is 7.31. The van der Waals surface area contributed by atoms with Crippen LogP contribution in [0.5, 0.6) is 0 Å². The SMILES string of the molecule is O=C(O)C(c1ccc(-c2ccccc2)cc1)N1C(=O)CCC1=O. The Morgan fingerprint density at radius 2 is 1.39 bits per heavy atom. The average molecular weight is 309 g/mol. The van der Waals surface area contributed by atoms with Gasteiger partial charge in [0.05, 0.1) is 0 Å². The minimum atomic E-state index is -1.26. The van der Waals surface area contributed by atoms with E-state index in [4.69, 9.17) is 0 Å². The molecule has 0 saturated carbocycles. The van der Waals surface area contributed by atoms with E-state index in [0.717, 1.165) is 16.0 Å².